The summed E-state index contributed by atoms with van der Waals surface area (Å²) >= 11 is 1.62. The van der Waals surface area contributed by atoms with Crippen molar-refractivity contribution in [3.8, 4) is 11.1 Å². The second-order valence-electron chi connectivity index (χ2n) is 8.70. The second kappa shape index (κ2) is 10.1. The molecule has 1 atom stereocenters. The standard InChI is InChI=1S/C30H27NO3S/c32-28(19-21-11-3-1-4-12-21)31-27(29(33)34)20-35-30(22-13-5-2-6-14-22)25-17-9-7-15-23(25)24-16-8-10-18-26(24)30/h1-18,27,29,33-34H,19-20H2,(H,31,32). The molecule has 0 fully saturated rings. The van der Waals surface area contributed by atoms with Crippen LogP contribution < -0.4 is 5.32 Å². The zero-order valence-corrected chi connectivity index (χ0v) is 20.0. The zero-order chi connectivity index (χ0) is 24.3. The number of aliphatic hydroxyl groups is 2. The van der Waals surface area contributed by atoms with Gasteiger partial charge < -0.3 is 15.5 Å². The van der Waals surface area contributed by atoms with Crippen LogP contribution in [0.15, 0.2) is 109 Å². The van der Waals surface area contributed by atoms with Crippen molar-refractivity contribution >= 4 is 17.7 Å². The van der Waals surface area contributed by atoms with Gasteiger partial charge in [-0.15, -0.1) is 11.8 Å². The molecule has 4 aromatic rings. The van der Waals surface area contributed by atoms with Crippen molar-refractivity contribution < 1.29 is 15.0 Å². The Kier molecular flexibility index (Phi) is 6.73. The summed E-state index contributed by atoms with van der Waals surface area (Å²) in [6.45, 7) is 0. The van der Waals surface area contributed by atoms with Gasteiger partial charge in [-0.1, -0.05) is 109 Å². The van der Waals surface area contributed by atoms with Crippen molar-refractivity contribution in [3.05, 3.63) is 131 Å². The van der Waals surface area contributed by atoms with Gasteiger partial charge in [0.2, 0.25) is 5.91 Å². The van der Waals surface area contributed by atoms with E-state index >= 15 is 0 Å². The van der Waals surface area contributed by atoms with Crippen molar-refractivity contribution in [2.75, 3.05) is 5.75 Å². The van der Waals surface area contributed by atoms with E-state index in [1.807, 2.05) is 72.8 Å². The zero-order valence-electron chi connectivity index (χ0n) is 19.2. The minimum atomic E-state index is -1.68. The number of aliphatic hydroxyl groups excluding tert-OH is 1. The Morgan fingerprint density at radius 1 is 0.743 bits per heavy atom. The Morgan fingerprint density at radius 2 is 1.26 bits per heavy atom. The molecule has 0 aliphatic heterocycles. The first kappa shape index (κ1) is 23.4. The lowest BCUT2D eigenvalue weighted by molar-refractivity contribution is -0.125. The Balaban J connectivity index is 1.48. The average molecular weight is 482 g/mol. The molecule has 5 rings (SSSR count). The van der Waals surface area contributed by atoms with Crippen LogP contribution in [0, 0.1) is 0 Å². The highest BCUT2D eigenvalue weighted by Gasteiger charge is 2.45. The summed E-state index contributed by atoms with van der Waals surface area (Å²) in [6, 6.07) is 35.7. The van der Waals surface area contributed by atoms with Crippen LogP contribution in [0.4, 0.5) is 0 Å². The predicted octanol–water partition coefficient (Wildman–Crippen LogP) is 4.73. The number of carbonyl (C=O) groups is 1. The van der Waals surface area contributed by atoms with Gasteiger partial charge in [0, 0.05) is 5.75 Å². The van der Waals surface area contributed by atoms with Crippen LogP contribution in [-0.4, -0.2) is 34.2 Å². The summed E-state index contributed by atoms with van der Waals surface area (Å²) in [6.07, 6.45) is -1.49. The van der Waals surface area contributed by atoms with Gasteiger partial charge in [0.15, 0.2) is 6.29 Å². The summed E-state index contributed by atoms with van der Waals surface area (Å²) in [4.78, 5) is 12.7. The smallest absolute Gasteiger partial charge is 0.224 e. The first-order valence-electron chi connectivity index (χ1n) is 11.7. The number of hydrogen-bond acceptors (Lipinski definition) is 4. The molecule has 0 saturated carbocycles. The summed E-state index contributed by atoms with van der Waals surface area (Å²) in [5.41, 5.74) is 6.67. The number of benzene rings is 4. The summed E-state index contributed by atoms with van der Waals surface area (Å²) < 4.78 is -0.536. The van der Waals surface area contributed by atoms with Crippen LogP contribution in [0.1, 0.15) is 22.3 Å². The molecule has 0 spiro atoms. The molecule has 5 heteroatoms. The molecule has 176 valence electrons. The topological polar surface area (TPSA) is 69.6 Å². The van der Waals surface area contributed by atoms with Crippen LogP contribution in [0.2, 0.25) is 0 Å². The van der Waals surface area contributed by atoms with E-state index in [9.17, 15) is 15.0 Å². The normalized spacial score (nSPS) is 14.3. The molecule has 0 aromatic heterocycles. The lowest BCUT2D eigenvalue weighted by Crippen LogP contribution is -2.46. The Morgan fingerprint density at radius 3 is 1.83 bits per heavy atom. The number of hydrogen-bond donors (Lipinski definition) is 3. The molecule has 4 aromatic carbocycles. The fourth-order valence-corrected chi connectivity index (χ4v) is 6.53. The van der Waals surface area contributed by atoms with Crippen molar-refractivity contribution in [1.82, 2.24) is 5.32 Å². The quantitative estimate of drug-likeness (QED) is 0.318. The first-order valence-corrected chi connectivity index (χ1v) is 12.7. The number of amides is 1. The van der Waals surface area contributed by atoms with Crippen LogP contribution in [0.3, 0.4) is 0 Å². The highest BCUT2D eigenvalue weighted by molar-refractivity contribution is 8.00. The highest BCUT2D eigenvalue weighted by atomic mass is 32.2. The molecule has 1 unspecified atom stereocenters. The lowest BCUT2D eigenvalue weighted by Gasteiger charge is -2.34. The molecule has 4 nitrogen and oxygen atoms in total. The van der Waals surface area contributed by atoms with E-state index in [2.05, 4.69) is 41.7 Å². The highest BCUT2D eigenvalue weighted by Crippen LogP contribution is 2.58. The van der Waals surface area contributed by atoms with Crippen molar-refractivity contribution in [3.63, 3.8) is 0 Å². The summed E-state index contributed by atoms with van der Waals surface area (Å²) in [5.74, 6) is 0.0753. The third-order valence-electron chi connectivity index (χ3n) is 6.48. The molecule has 0 bridgehead atoms. The van der Waals surface area contributed by atoms with Gasteiger partial charge in [-0.2, -0.15) is 0 Å². The summed E-state index contributed by atoms with van der Waals surface area (Å²) in [5, 5.41) is 23.2. The third kappa shape index (κ3) is 4.50. The number of rotatable bonds is 8. The molecular formula is C30H27NO3S. The third-order valence-corrected chi connectivity index (χ3v) is 8.11. The fourth-order valence-electron chi connectivity index (χ4n) is 4.87. The van der Waals surface area contributed by atoms with Crippen molar-refractivity contribution in [2.24, 2.45) is 0 Å². The van der Waals surface area contributed by atoms with Gasteiger partial charge in [0.25, 0.3) is 0 Å². The Labute approximate surface area is 209 Å². The van der Waals surface area contributed by atoms with E-state index in [0.29, 0.717) is 5.75 Å². The maximum absolute atomic E-state index is 12.7. The van der Waals surface area contributed by atoms with Gasteiger partial charge in [0.1, 0.15) is 0 Å². The molecule has 1 amide bonds. The largest absolute Gasteiger partial charge is 0.366 e. The Hall–Kier alpha value is -3.38. The monoisotopic (exact) mass is 481 g/mol. The number of nitrogens with one attached hydrogen (secondary N) is 1. The van der Waals surface area contributed by atoms with E-state index in [4.69, 9.17) is 0 Å². The predicted molar refractivity (Wildman–Crippen MR) is 141 cm³/mol. The number of fused-ring (bicyclic) bond motifs is 3. The van der Waals surface area contributed by atoms with Gasteiger partial charge in [-0.25, -0.2) is 0 Å². The fraction of sp³-hybridized carbons (Fsp3) is 0.167. The van der Waals surface area contributed by atoms with Crippen molar-refractivity contribution in [1.29, 1.82) is 0 Å². The van der Waals surface area contributed by atoms with E-state index in [-0.39, 0.29) is 12.3 Å². The van der Waals surface area contributed by atoms with Gasteiger partial charge in [-0.3, -0.25) is 4.79 Å². The Bertz CT molecular complexity index is 1260. The minimum absolute atomic E-state index is 0.185. The summed E-state index contributed by atoms with van der Waals surface area (Å²) in [7, 11) is 0. The van der Waals surface area contributed by atoms with E-state index in [0.717, 1.165) is 11.1 Å². The average Bonchev–Trinajstić information content (AvgIpc) is 3.18. The van der Waals surface area contributed by atoms with Crippen LogP contribution in [0.25, 0.3) is 11.1 Å². The van der Waals surface area contributed by atoms with Crippen LogP contribution in [0.5, 0.6) is 0 Å². The number of thioether (sulfide) groups is 1. The van der Waals surface area contributed by atoms with E-state index < -0.39 is 17.1 Å². The van der Waals surface area contributed by atoms with Crippen LogP contribution >= 0.6 is 11.8 Å². The second-order valence-corrected chi connectivity index (χ2v) is 9.93. The molecule has 0 heterocycles. The number of carbonyl (C=O) groups excluding carboxylic acids is 1. The van der Waals surface area contributed by atoms with Gasteiger partial charge in [-0.05, 0) is 33.4 Å². The van der Waals surface area contributed by atoms with Gasteiger partial charge >= 0.3 is 0 Å². The molecular weight excluding hydrogens is 454 g/mol. The molecule has 35 heavy (non-hydrogen) atoms. The SMILES string of the molecule is O=C(Cc1ccccc1)NC(CSC1(c2ccccc2)c2ccccc2-c2ccccc21)C(O)O. The molecule has 1 aliphatic rings. The maximum atomic E-state index is 12.7. The first-order chi connectivity index (χ1) is 17.1. The lowest BCUT2D eigenvalue weighted by atomic mass is 9.88. The van der Waals surface area contributed by atoms with Gasteiger partial charge in [0.05, 0.1) is 17.2 Å². The maximum Gasteiger partial charge on any atom is 0.224 e. The van der Waals surface area contributed by atoms with Crippen molar-refractivity contribution in [2.45, 2.75) is 23.5 Å². The molecule has 3 N–H and O–H groups in total. The van der Waals surface area contributed by atoms with Crippen LogP contribution in [-0.2, 0) is 16.0 Å². The van der Waals surface area contributed by atoms with E-state index in [1.54, 1.807) is 11.8 Å². The minimum Gasteiger partial charge on any atom is -0.366 e. The van der Waals surface area contributed by atoms with E-state index in [1.165, 1.54) is 22.3 Å². The molecule has 1 aliphatic carbocycles. The molecule has 0 radical (unpaired) electrons. The molecule has 0 saturated heterocycles.